The number of halogens is 3. The summed E-state index contributed by atoms with van der Waals surface area (Å²) in [5, 5.41) is 2.34. The van der Waals surface area contributed by atoms with Crippen molar-refractivity contribution in [3.05, 3.63) is 40.4 Å². The van der Waals surface area contributed by atoms with Crippen molar-refractivity contribution in [3.8, 4) is 11.5 Å². The summed E-state index contributed by atoms with van der Waals surface area (Å²) in [6.07, 6.45) is -4.62. The molecular weight excluding hydrogens is 395 g/mol. The van der Waals surface area contributed by atoms with Crippen LogP contribution >= 0.6 is 11.3 Å². The van der Waals surface area contributed by atoms with Crippen LogP contribution in [0.15, 0.2) is 24.3 Å². The van der Waals surface area contributed by atoms with Gasteiger partial charge in [0.15, 0.2) is 0 Å². The van der Waals surface area contributed by atoms with E-state index in [9.17, 15) is 18.0 Å². The number of carbonyl (C=O) groups excluding carboxylic acids is 1. The highest BCUT2D eigenvalue weighted by atomic mass is 32.1. The van der Waals surface area contributed by atoms with Gasteiger partial charge in [0.25, 0.3) is 5.91 Å². The molecule has 0 unspecified atom stereocenters. The largest absolute Gasteiger partial charge is 0.497 e. The number of nitrogens with one attached hydrogen (secondary N) is 1. The van der Waals surface area contributed by atoms with E-state index >= 15 is 0 Å². The molecular formula is C18H16F3N3O3S. The zero-order valence-electron chi connectivity index (χ0n) is 15.1. The summed E-state index contributed by atoms with van der Waals surface area (Å²) in [7, 11) is 2.90. The average molecular weight is 411 g/mol. The van der Waals surface area contributed by atoms with E-state index in [4.69, 9.17) is 15.2 Å². The number of nitrogens with zero attached hydrogens (tertiary/aromatic N) is 1. The van der Waals surface area contributed by atoms with E-state index in [0.717, 1.165) is 17.4 Å². The van der Waals surface area contributed by atoms with Crippen molar-refractivity contribution in [2.45, 2.75) is 13.1 Å². The molecule has 6 nitrogen and oxygen atoms in total. The molecule has 1 amide bonds. The van der Waals surface area contributed by atoms with Gasteiger partial charge in [0, 0.05) is 17.1 Å². The molecule has 2 aromatic heterocycles. The van der Waals surface area contributed by atoms with Crippen LogP contribution in [0.25, 0.3) is 10.2 Å². The molecule has 1 aromatic carbocycles. The number of rotatable bonds is 4. The maximum atomic E-state index is 13.4. The first-order chi connectivity index (χ1) is 13.2. The number of aromatic nitrogens is 1. The zero-order valence-corrected chi connectivity index (χ0v) is 15.9. The first kappa shape index (κ1) is 19.7. The lowest BCUT2D eigenvalue weighted by atomic mass is 10.1. The van der Waals surface area contributed by atoms with Gasteiger partial charge in [-0.25, -0.2) is 4.98 Å². The fourth-order valence-corrected chi connectivity index (χ4v) is 3.78. The van der Waals surface area contributed by atoms with Crippen molar-refractivity contribution in [1.29, 1.82) is 0 Å². The molecule has 10 heteroatoms. The van der Waals surface area contributed by atoms with Gasteiger partial charge in [-0.1, -0.05) is 0 Å². The highest BCUT2D eigenvalue weighted by molar-refractivity contribution is 7.21. The molecule has 0 saturated carbocycles. The fraction of sp³-hybridized carbons (Fsp3) is 0.222. The number of carbonyl (C=O) groups is 1. The third kappa shape index (κ3) is 3.55. The number of thiophene rings is 1. The summed E-state index contributed by atoms with van der Waals surface area (Å²) in [5.41, 5.74) is 5.25. The number of nitrogen functional groups attached to an aromatic ring is 1. The number of hydrogen-bond acceptors (Lipinski definition) is 6. The third-order valence-electron chi connectivity index (χ3n) is 4.00. The molecule has 0 aliphatic rings. The normalized spacial score (nSPS) is 11.5. The fourth-order valence-electron chi connectivity index (χ4n) is 2.72. The minimum atomic E-state index is -4.62. The summed E-state index contributed by atoms with van der Waals surface area (Å²) in [4.78, 5) is 16.8. The van der Waals surface area contributed by atoms with E-state index in [1.165, 1.54) is 21.1 Å². The summed E-state index contributed by atoms with van der Waals surface area (Å²) < 4.78 is 50.5. The van der Waals surface area contributed by atoms with E-state index in [1.54, 1.807) is 18.2 Å². The number of alkyl halides is 3. The summed E-state index contributed by atoms with van der Waals surface area (Å²) in [5.74, 6) is 0.192. The van der Waals surface area contributed by atoms with E-state index in [0.29, 0.717) is 17.2 Å². The molecule has 3 N–H and O–H groups in total. The van der Waals surface area contributed by atoms with Crippen molar-refractivity contribution in [3.63, 3.8) is 0 Å². The van der Waals surface area contributed by atoms with Crippen LogP contribution in [0.1, 0.15) is 20.9 Å². The van der Waals surface area contributed by atoms with Crippen molar-refractivity contribution < 1.29 is 27.4 Å². The molecule has 0 fully saturated rings. The molecule has 148 valence electrons. The summed E-state index contributed by atoms with van der Waals surface area (Å²) in [6.45, 7) is 1.45. The molecule has 28 heavy (non-hydrogen) atoms. The predicted octanol–water partition coefficient (Wildman–Crippen LogP) is 4.48. The standard InChI is InChI=1S/C18H16F3N3O3S/c1-8-6-10(18(19,20)21)13-14(22)15(28-17(13)23-8)16(25)24-11-5-4-9(26-2)7-12(11)27-3/h4-7H,22H2,1-3H3,(H,24,25). The van der Waals surface area contributed by atoms with Gasteiger partial charge in [0.2, 0.25) is 0 Å². The number of aryl methyl sites for hydroxylation is 1. The molecule has 0 aliphatic carbocycles. The van der Waals surface area contributed by atoms with Crippen LogP contribution in [0, 0.1) is 6.92 Å². The minimum absolute atomic E-state index is 0.0525. The van der Waals surface area contributed by atoms with Gasteiger partial charge < -0.3 is 20.5 Å². The Morgan fingerprint density at radius 3 is 2.54 bits per heavy atom. The number of benzene rings is 1. The summed E-state index contributed by atoms with van der Waals surface area (Å²) in [6, 6.07) is 5.65. The highest BCUT2D eigenvalue weighted by Crippen LogP contribution is 2.42. The van der Waals surface area contributed by atoms with E-state index < -0.39 is 17.6 Å². The van der Waals surface area contributed by atoms with Gasteiger partial charge in [0.05, 0.1) is 31.2 Å². The lowest BCUT2D eigenvalue weighted by molar-refractivity contribution is -0.136. The number of hydrogen-bond donors (Lipinski definition) is 2. The number of nitrogens with two attached hydrogens (primary N) is 1. The van der Waals surface area contributed by atoms with Crippen LogP contribution in [0.5, 0.6) is 11.5 Å². The SMILES string of the molecule is COc1ccc(NC(=O)c2sc3nc(C)cc(C(F)(F)F)c3c2N)c(OC)c1. The third-order valence-corrected chi connectivity index (χ3v) is 5.09. The molecule has 2 heterocycles. The van der Waals surface area contributed by atoms with Crippen LogP contribution in [-0.4, -0.2) is 25.1 Å². The summed E-state index contributed by atoms with van der Waals surface area (Å²) >= 11 is 0.803. The number of anilines is 2. The Morgan fingerprint density at radius 1 is 1.21 bits per heavy atom. The second kappa shape index (κ2) is 7.19. The maximum Gasteiger partial charge on any atom is 0.417 e. The Balaban J connectivity index is 2.05. The lowest BCUT2D eigenvalue weighted by Crippen LogP contribution is -2.13. The Bertz CT molecular complexity index is 1060. The highest BCUT2D eigenvalue weighted by Gasteiger charge is 2.36. The first-order valence-electron chi connectivity index (χ1n) is 7.96. The van der Waals surface area contributed by atoms with E-state index in [2.05, 4.69) is 10.3 Å². The monoisotopic (exact) mass is 411 g/mol. The van der Waals surface area contributed by atoms with Gasteiger partial charge in [0.1, 0.15) is 21.2 Å². The smallest absolute Gasteiger partial charge is 0.417 e. The Labute approximate surface area is 162 Å². The van der Waals surface area contributed by atoms with E-state index in [-0.39, 0.29) is 26.5 Å². The van der Waals surface area contributed by atoms with Gasteiger partial charge in [-0.05, 0) is 25.1 Å². The van der Waals surface area contributed by atoms with Gasteiger partial charge in [-0.3, -0.25) is 4.79 Å². The van der Waals surface area contributed by atoms with Crippen LogP contribution < -0.4 is 20.5 Å². The number of fused-ring (bicyclic) bond motifs is 1. The average Bonchev–Trinajstić information content (AvgIpc) is 2.97. The van der Waals surface area contributed by atoms with Crippen molar-refractivity contribution >= 4 is 38.8 Å². The quantitative estimate of drug-likeness (QED) is 0.661. The zero-order chi connectivity index (χ0) is 20.6. The molecule has 0 spiro atoms. The lowest BCUT2D eigenvalue weighted by Gasteiger charge is -2.11. The molecule has 0 aliphatic heterocycles. The van der Waals surface area contributed by atoms with Gasteiger partial charge in [-0.15, -0.1) is 11.3 Å². The van der Waals surface area contributed by atoms with Gasteiger partial charge >= 0.3 is 6.18 Å². The number of methoxy groups -OCH3 is 2. The Morgan fingerprint density at radius 2 is 1.93 bits per heavy atom. The van der Waals surface area contributed by atoms with Crippen molar-refractivity contribution in [1.82, 2.24) is 4.98 Å². The second-order valence-electron chi connectivity index (χ2n) is 5.85. The topological polar surface area (TPSA) is 86.5 Å². The van der Waals surface area contributed by atoms with Crippen LogP contribution in [-0.2, 0) is 6.18 Å². The minimum Gasteiger partial charge on any atom is -0.497 e. The number of amides is 1. The van der Waals surface area contributed by atoms with Crippen LogP contribution in [0.2, 0.25) is 0 Å². The Kier molecular flexibility index (Phi) is 5.07. The Hall–Kier alpha value is -3.01. The van der Waals surface area contributed by atoms with Gasteiger partial charge in [-0.2, -0.15) is 13.2 Å². The van der Waals surface area contributed by atoms with Crippen LogP contribution in [0.3, 0.4) is 0 Å². The van der Waals surface area contributed by atoms with Crippen molar-refractivity contribution in [2.75, 3.05) is 25.3 Å². The number of pyridine rings is 1. The van der Waals surface area contributed by atoms with E-state index in [1.807, 2.05) is 0 Å². The second-order valence-corrected chi connectivity index (χ2v) is 6.85. The number of ether oxygens (including phenoxy) is 2. The molecule has 0 atom stereocenters. The molecule has 3 aromatic rings. The maximum absolute atomic E-state index is 13.4. The first-order valence-corrected chi connectivity index (χ1v) is 8.77. The van der Waals surface area contributed by atoms with Crippen LogP contribution in [0.4, 0.5) is 24.5 Å². The predicted molar refractivity (Wildman–Crippen MR) is 101 cm³/mol. The van der Waals surface area contributed by atoms with Crippen molar-refractivity contribution in [2.24, 2.45) is 0 Å². The molecule has 0 bridgehead atoms. The molecule has 0 saturated heterocycles. The molecule has 3 rings (SSSR count). The molecule has 0 radical (unpaired) electrons.